The Morgan fingerprint density at radius 3 is 2.76 bits per heavy atom. The number of thiophene rings is 1. The van der Waals surface area contributed by atoms with Crippen LogP contribution in [0.1, 0.15) is 41.1 Å². The molecule has 0 amide bonds. The summed E-state index contributed by atoms with van der Waals surface area (Å²) in [4.78, 5) is 22.6. The quantitative estimate of drug-likeness (QED) is 0.493. The highest BCUT2D eigenvalue weighted by Crippen LogP contribution is 2.41. The third-order valence-corrected chi connectivity index (χ3v) is 6.00. The lowest BCUT2D eigenvalue weighted by molar-refractivity contribution is 0.101. The molecule has 128 valence electrons. The summed E-state index contributed by atoms with van der Waals surface area (Å²) in [6.07, 6.45) is 3.34. The van der Waals surface area contributed by atoms with Gasteiger partial charge in [0.05, 0.1) is 5.39 Å². The molecule has 0 fully saturated rings. The molecule has 2 aromatic heterocycles. The van der Waals surface area contributed by atoms with Crippen LogP contribution < -0.4 is 5.32 Å². The average molecular weight is 372 g/mol. The van der Waals surface area contributed by atoms with Gasteiger partial charge in [0.25, 0.3) is 0 Å². The highest BCUT2D eigenvalue weighted by atomic mass is 35.5. The van der Waals surface area contributed by atoms with E-state index in [-0.39, 0.29) is 11.1 Å². The summed E-state index contributed by atoms with van der Waals surface area (Å²) < 4.78 is 0. The molecule has 1 aliphatic rings. The number of hydrogen-bond donors (Lipinski definition) is 1. The van der Waals surface area contributed by atoms with Crippen molar-refractivity contribution in [2.75, 3.05) is 5.32 Å². The van der Waals surface area contributed by atoms with Crippen molar-refractivity contribution in [1.29, 1.82) is 0 Å². The van der Waals surface area contributed by atoms with Crippen LogP contribution in [-0.2, 0) is 12.8 Å². The number of carbonyl (C=O) groups is 1. The van der Waals surface area contributed by atoms with E-state index in [1.165, 1.54) is 16.9 Å². The van der Waals surface area contributed by atoms with Gasteiger partial charge in [0.2, 0.25) is 5.28 Å². The van der Waals surface area contributed by atoms with Crippen LogP contribution in [-0.4, -0.2) is 15.8 Å². The molecule has 0 aliphatic heterocycles. The molecule has 1 aromatic carbocycles. The van der Waals surface area contributed by atoms with Crippen LogP contribution in [0.2, 0.25) is 5.28 Å². The van der Waals surface area contributed by atoms with Crippen molar-refractivity contribution in [2.24, 2.45) is 5.92 Å². The summed E-state index contributed by atoms with van der Waals surface area (Å²) >= 11 is 7.88. The molecule has 0 spiro atoms. The number of hydrogen-bond acceptors (Lipinski definition) is 5. The predicted molar refractivity (Wildman–Crippen MR) is 103 cm³/mol. The first kappa shape index (κ1) is 16.5. The van der Waals surface area contributed by atoms with Gasteiger partial charge in [-0.3, -0.25) is 4.79 Å². The summed E-state index contributed by atoms with van der Waals surface area (Å²) in [5, 5.41) is 4.70. The summed E-state index contributed by atoms with van der Waals surface area (Å²) in [7, 11) is 0. The van der Waals surface area contributed by atoms with Gasteiger partial charge in [0.1, 0.15) is 10.6 Å². The molecule has 6 heteroatoms. The van der Waals surface area contributed by atoms with Gasteiger partial charge in [-0.15, -0.1) is 11.3 Å². The van der Waals surface area contributed by atoms with E-state index >= 15 is 0 Å². The van der Waals surface area contributed by atoms with Gasteiger partial charge in [0, 0.05) is 16.1 Å². The Hall–Kier alpha value is -1.98. The van der Waals surface area contributed by atoms with Gasteiger partial charge in [0.15, 0.2) is 5.78 Å². The molecule has 1 N–H and O–H groups in total. The van der Waals surface area contributed by atoms with Crippen LogP contribution in [0.3, 0.4) is 0 Å². The van der Waals surface area contributed by atoms with Crippen LogP contribution in [0.15, 0.2) is 24.3 Å². The number of carbonyl (C=O) groups excluding carboxylic acids is 1. The summed E-state index contributed by atoms with van der Waals surface area (Å²) in [5.74, 6) is 1.51. The molecule has 1 atom stereocenters. The zero-order chi connectivity index (χ0) is 17.6. The maximum Gasteiger partial charge on any atom is 0.225 e. The van der Waals surface area contributed by atoms with Crippen LogP contribution in [0.25, 0.3) is 10.2 Å². The normalized spacial score (nSPS) is 16.7. The molecule has 1 aliphatic carbocycles. The van der Waals surface area contributed by atoms with Crippen molar-refractivity contribution in [1.82, 2.24) is 9.97 Å². The van der Waals surface area contributed by atoms with E-state index in [0.717, 1.165) is 34.6 Å². The second-order valence-corrected chi connectivity index (χ2v) is 8.05. The Morgan fingerprint density at radius 1 is 1.28 bits per heavy atom. The first-order chi connectivity index (χ1) is 12.0. The Morgan fingerprint density at radius 2 is 2.04 bits per heavy atom. The highest BCUT2D eigenvalue weighted by Gasteiger charge is 2.23. The Kier molecular flexibility index (Phi) is 4.21. The lowest BCUT2D eigenvalue weighted by atomic mass is 9.89. The monoisotopic (exact) mass is 371 g/mol. The van der Waals surface area contributed by atoms with E-state index in [1.54, 1.807) is 18.3 Å². The number of Topliss-reactive ketones (excluding diaryl/α,β-unsaturated/α-hetero) is 1. The number of halogens is 1. The number of nitrogens with one attached hydrogen (secondary N) is 1. The van der Waals surface area contributed by atoms with Crippen LogP contribution >= 0.6 is 22.9 Å². The average Bonchev–Trinajstić information content (AvgIpc) is 2.92. The molecular weight excluding hydrogens is 354 g/mol. The molecule has 4 rings (SSSR count). The molecule has 4 nitrogen and oxygen atoms in total. The number of benzene rings is 1. The molecule has 0 radical (unpaired) electrons. The van der Waals surface area contributed by atoms with E-state index in [9.17, 15) is 4.79 Å². The highest BCUT2D eigenvalue weighted by molar-refractivity contribution is 7.19. The van der Waals surface area contributed by atoms with Gasteiger partial charge in [-0.25, -0.2) is 4.98 Å². The zero-order valence-electron chi connectivity index (χ0n) is 14.1. The third-order valence-electron chi connectivity index (χ3n) is 4.68. The third kappa shape index (κ3) is 3.14. The fourth-order valence-electron chi connectivity index (χ4n) is 3.33. The van der Waals surface area contributed by atoms with Gasteiger partial charge < -0.3 is 5.32 Å². The lowest BCUT2D eigenvalue weighted by Gasteiger charge is -2.18. The number of rotatable bonds is 3. The standard InChI is InChI=1S/C19H18ClN3OS/c1-10-3-8-14-15(9-10)25-18-16(14)17(22-19(20)23-18)21-13-6-4-12(5-7-13)11(2)24/h4-7,10H,3,8-9H2,1-2H3,(H,21,22,23). The van der Waals surface area contributed by atoms with Crippen LogP contribution in [0, 0.1) is 5.92 Å². The van der Waals surface area contributed by atoms with E-state index in [1.807, 2.05) is 24.3 Å². The molecule has 3 aromatic rings. The van der Waals surface area contributed by atoms with Gasteiger partial charge in [-0.2, -0.15) is 4.98 Å². The minimum Gasteiger partial charge on any atom is -0.340 e. The van der Waals surface area contributed by atoms with Crippen molar-refractivity contribution < 1.29 is 4.79 Å². The fourth-order valence-corrected chi connectivity index (χ4v) is 4.93. The first-order valence-corrected chi connectivity index (χ1v) is 9.56. The number of fused-ring (bicyclic) bond motifs is 3. The summed E-state index contributed by atoms with van der Waals surface area (Å²) in [6, 6.07) is 7.41. The van der Waals surface area contributed by atoms with Gasteiger partial charge in [-0.1, -0.05) is 6.92 Å². The van der Waals surface area contributed by atoms with Crippen LogP contribution in [0.5, 0.6) is 0 Å². The fraction of sp³-hybridized carbons (Fsp3) is 0.316. The van der Waals surface area contributed by atoms with Crippen molar-refractivity contribution in [2.45, 2.75) is 33.1 Å². The minimum absolute atomic E-state index is 0.0556. The van der Waals surface area contributed by atoms with Crippen molar-refractivity contribution >= 4 is 50.4 Å². The molecular formula is C19H18ClN3OS. The van der Waals surface area contributed by atoms with Crippen molar-refractivity contribution in [3.63, 3.8) is 0 Å². The molecule has 1 unspecified atom stereocenters. The molecule has 0 saturated carbocycles. The van der Waals surface area contributed by atoms with Crippen molar-refractivity contribution in [3.05, 3.63) is 45.6 Å². The SMILES string of the molecule is CC(=O)c1ccc(Nc2nc(Cl)nc3sc4c(c23)CCC(C)C4)cc1. The van der Waals surface area contributed by atoms with E-state index in [2.05, 4.69) is 22.2 Å². The maximum atomic E-state index is 11.4. The van der Waals surface area contributed by atoms with Crippen LogP contribution in [0.4, 0.5) is 11.5 Å². The van der Waals surface area contributed by atoms with E-state index in [0.29, 0.717) is 11.5 Å². The van der Waals surface area contributed by atoms with Gasteiger partial charge in [-0.05, 0) is 73.5 Å². The number of aryl methyl sites for hydroxylation is 1. The Balaban J connectivity index is 1.77. The Labute approximate surface area is 155 Å². The minimum atomic E-state index is 0.0556. The van der Waals surface area contributed by atoms with Gasteiger partial charge >= 0.3 is 0 Å². The number of nitrogens with zero attached hydrogens (tertiary/aromatic N) is 2. The summed E-state index contributed by atoms with van der Waals surface area (Å²) in [6.45, 7) is 3.86. The Bertz CT molecular complexity index is 965. The largest absolute Gasteiger partial charge is 0.340 e. The second kappa shape index (κ2) is 6.39. The van der Waals surface area contributed by atoms with E-state index in [4.69, 9.17) is 11.6 Å². The van der Waals surface area contributed by atoms with Crippen molar-refractivity contribution in [3.8, 4) is 0 Å². The number of ketones is 1. The predicted octanol–water partition coefficient (Wildman–Crippen LogP) is 5.42. The zero-order valence-corrected chi connectivity index (χ0v) is 15.7. The molecule has 0 bridgehead atoms. The lowest BCUT2D eigenvalue weighted by Crippen LogP contribution is -2.09. The van der Waals surface area contributed by atoms with E-state index < -0.39 is 0 Å². The molecule has 25 heavy (non-hydrogen) atoms. The first-order valence-electron chi connectivity index (χ1n) is 8.37. The smallest absolute Gasteiger partial charge is 0.225 e. The maximum absolute atomic E-state index is 11.4. The molecule has 2 heterocycles. The topological polar surface area (TPSA) is 54.9 Å². The number of anilines is 2. The summed E-state index contributed by atoms with van der Waals surface area (Å²) in [5.41, 5.74) is 2.93. The number of aromatic nitrogens is 2. The second-order valence-electron chi connectivity index (χ2n) is 6.63. The molecule has 0 saturated heterocycles.